The van der Waals surface area contributed by atoms with Gasteiger partial charge in [0, 0.05) is 44.4 Å². The van der Waals surface area contributed by atoms with Gasteiger partial charge < -0.3 is 14.6 Å². The van der Waals surface area contributed by atoms with Crippen molar-refractivity contribution < 1.29 is 4.42 Å². The van der Waals surface area contributed by atoms with Gasteiger partial charge in [-0.25, -0.2) is 0 Å². The Hall–Kier alpha value is -2.14. The SMILES string of the molecule is CC1=C[C@@H](CNC2CC2)[C@H](C(C)C)C[C@H]1Cc1nnc(-c2ccc(N(C)C)cc2)o1. The summed E-state index contributed by atoms with van der Waals surface area (Å²) in [6, 6.07) is 9.02. The third-order valence-corrected chi connectivity index (χ3v) is 6.82. The van der Waals surface area contributed by atoms with Crippen LogP contribution < -0.4 is 10.2 Å². The summed E-state index contributed by atoms with van der Waals surface area (Å²) in [5, 5.41) is 12.4. The van der Waals surface area contributed by atoms with E-state index >= 15 is 0 Å². The van der Waals surface area contributed by atoms with Gasteiger partial charge in [0.1, 0.15) is 0 Å². The third-order valence-electron chi connectivity index (χ3n) is 6.82. The van der Waals surface area contributed by atoms with Crippen LogP contribution >= 0.6 is 0 Å². The highest BCUT2D eigenvalue weighted by atomic mass is 16.4. The molecule has 1 saturated carbocycles. The van der Waals surface area contributed by atoms with Crippen LogP contribution in [-0.4, -0.2) is 36.9 Å². The van der Waals surface area contributed by atoms with E-state index in [0.29, 0.717) is 29.6 Å². The molecule has 0 aliphatic heterocycles. The Labute approximate surface area is 181 Å². The first-order valence-electron chi connectivity index (χ1n) is 11.4. The molecule has 3 atom stereocenters. The molecule has 0 saturated heterocycles. The molecule has 4 rings (SSSR count). The first-order chi connectivity index (χ1) is 14.4. The highest BCUT2D eigenvalue weighted by Crippen LogP contribution is 2.39. The molecule has 2 aromatic rings. The van der Waals surface area contributed by atoms with Crippen LogP contribution in [0.15, 0.2) is 40.3 Å². The molecule has 30 heavy (non-hydrogen) atoms. The lowest BCUT2D eigenvalue weighted by atomic mass is 9.70. The molecular weight excluding hydrogens is 372 g/mol. The summed E-state index contributed by atoms with van der Waals surface area (Å²) in [7, 11) is 4.08. The summed E-state index contributed by atoms with van der Waals surface area (Å²) < 4.78 is 6.06. The quantitative estimate of drug-likeness (QED) is 0.626. The lowest BCUT2D eigenvalue weighted by Gasteiger charge is -2.37. The van der Waals surface area contributed by atoms with E-state index in [1.54, 1.807) is 0 Å². The molecular formula is C25H36N4O. The van der Waals surface area contributed by atoms with Crippen LogP contribution in [0.2, 0.25) is 0 Å². The predicted molar refractivity (Wildman–Crippen MR) is 122 cm³/mol. The largest absolute Gasteiger partial charge is 0.421 e. The number of hydrogen-bond acceptors (Lipinski definition) is 5. The Morgan fingerprint density at radius 3 is 2.50 bits per heavy atom. The molecule has 162 valence electrons. The number of hydrogen-bond donors (Lipinski definition) is 1. The second kappa shape index (κ2) is 8.93. The van der Waals surface area contributed by atoms with Crippen LogP contribution in [0.1, 0.15) is 45.9 Å². The van der Waals surface area contributed by atoms with E-state index in [0.717, 1.165) is 36.1 Å². The molecule has 5 nitrogen and oxygen atoms in total. The minimum atomic E-state index is 0.485. The van der Waals surface area contributed by atoms with Gasteiger partial charge >= 0.3 is 0 Å². The lowest BCUT2D eigenvalue weighted by molar-refractivity contribution is 0.218. The summed E-state index contributed by atoms with van der Waals surface area (Å²) >= 11 is 0. The number of aromatic nitrogens is 2. The molecule has 2 aliphatic carbocycles. The molecule has 0 bridgehead atoms. The Bertz CT molecular complexity index is 864. The number of benzene rings is 1. The fourth-order valence-corrected chi connectivity index (χ4v) is 4.66. The van der Waals surface area contributed by atoms with Crippen molar-refractivity contribution in [3.63, 3.8) is 0 Å². The smallest absolute Gasteiger partial charge is 0.247 e. The highest BCUT2D eigenvalue weighted by molar-refractivity contribution is 5.58. The number of allylic oxidation sites excluding steroid dienone is 1. The molecule has 1 aromatic carbocycles. The first kappa shape index (κ1) is 21.1. The molecule has 0 unspecified atom stereocenters. The van der Waals surface area contributed by atoms with E-state index < -0.39 is 0 Å². The number of nitrogens with zero attached hydrogens (tertiary/aromatic N) is 3. The third kappa shape index (κ3) is 4.94. The monoisotopic (exact) mass is 408 g/mol. The Kier molecular flexibility index (Phi) is 6.28. The van der Waals surface area contributed by atoms with Gasteiger partial charge in [0.05, 0.1) is 0 Å². The molecule has 1 heterocycles. The summed E-state index contributed by atoms with van der Waals surface area (Å²) in [5.41, 5.74) is 3.61. The molecule has 5 heteroatoms. The lowest BCUT2D eigenvalue weighted by Crippen LogP contribution is -2.35. The van der Waals surface area contributed by atoms with Gasteiger partial charge in [0.2, 0.25) is 11.8 Å². The van der Waals surface area contributed by atoms with Gasteiger partial charge in [-0.15, -0.1) is 10.2 Å². The maximum Gasteiger partial charge on any atom is 0.247 e. The maximum atomic E-state index is 6.06. The zero-order chi connectivity index (χ0) is 21.3. The van der Waals surface area contributed by atoms with Gasteiger partial charge in [-0.1, -0.05) is 25.5 Å². The maximum absolute atomic E-state index is 6.06. The van der Waals surface area contributed by atoms with Crippen LogP contribution in [0, 0.1) is 23.7 Å². The van der Waals surface area contributed by atoms with Crippen molar-refractivity contribution >= 4 is 5.69 Å². The van der Waals surface area contributed by atoms with Crippen LogP contribution in [0.3, 0.4) is 0 Å². The molecule has 1 N–H and O–H groups in total. The van der Waals surface area contributed by atoms with Crippen LogP contribution in [0.4, 0.5) is 5.69 Å². The predicted octanol–water partition coefficient (Wildman–Crippen LogP) is 4.95. The summed E-state index contributed by atoms with van der Waals surface area (Å²) in [6.45, 7) is 8.12. The molecule has 0 spiro atoms. The summed E-state index contributed by atoms with van der Waals surface area (Å²) in [5.74, 6) is 3.85. The van der Waals surface area contributed by atoms with Crippen molar-refractivity contribution in [2.75, 3.05) is 25.5 Å². The Morgan fingerprint density at radius 2 is 1.87 bits per heavy atom. The van der Waals surface area contributed by atoms with E-state index in [4.69, 9.17) is 4.42 Å². The van der Waals surface area contributed by atoms with E-state index in [1.807, 2.05) is 26.2 Å². The van der Waals surface area contributed by atoms with E-state index in [1.165, 1.54) is 24.8 Å². The topological polar surface area (TPSA) is 54.2 Å². The molecule has 0 amide bonds. The van der Waals surface area contributed by atoms with Gasteiger partial charge in [-0.05, 0) is 74.1 Å². The number of nitrogens with one attached hydrogen (secondary N) is 1. The van der Waals surface area contributed by atoms with Crippen molar-refractivity contribution in [1.82, 2.24) is 15.5 Å². The standard InChI is InChI=1S/C25H36N4O/c1-16(2)23-13-19(17(3)12-20(23)15-26-21-8-9-21)14-24-27-28-25(30-24)18-6-10-22(11-7-18)29(4)5/h6-7,10-12,16,19-21,23,26H,8-9,13-15H2,1-5H3/t19-,20-,23-/m0/s1. The van der Waals surface area contributed by atoms with E-state index in [9.17, 15) is 0 Å². The van der Waals surface area contributed by atoms with Crippen molar-refractivity contribution in [2.24, 2.45) is 23.7 Å². The minimum absolute atomic E-state index is 0.485. The fraction of sp³-hybridized carbons (Fsp3) is 0.600. The second-order valence-corrected chi connectivity index (χ2v) is 9.74. The van der Waals surface area contributed by atoms with Crippen molar-refractivity contribution in [2.45, 2.75) is 52.5 Å². The van der Waals surface area contributed by atoms with Crippen LogP contribution in [0.5, 0.6) is 0 Å². The number of anilines is 1. The average molecular weight is 409 g/mol. The summed E-state index contributed by atoms with van der Waals surface area (Å²) in [4.78, 5) is 2.08. The van der Waals surface area contributed by atoms with E-state index in [2.05, 4.69) is 59.4 Å². The molecule has 1 fully saturated rings. The van der Waals surface area contributed by atoms with Gasteiger partial charge in [0.25, 0.3) is 0 Å². The normalized spacial score (nSPS) is 24.2. The molecule has 1 aromatic heterocycles. The molecule has 2 aliphatic rings. The van der Waals surface area contributed by atoms with E-state index in [-0.39, 0.29) is 0 Å². The minimum Gasteiger partial charge on any atom is -0.421 e. The van der Waals surface area contributed by atoms with Crippen LogP contribution in [-0.2, 0) is 6.42 Å². The second-order valence-electron chi connectivity index (χ2n) is 9.74. The van der Waals surface area contributed by atoms with Gasteiger partial charge in [-0.3, -0.25) is 0 Å². The highest BCUT2D eigenvalue weighted by Gasteiger charge is 2.33. The summed E-state index contributed by atoms with van der Waals surface area (Å²) in [6.07, 6.45) is 7.25. The van der Waals surface area contributed by atoms with Crippen molar-refractivity contribution in [1.29, 1.82) is 0 Å². The Balaban J connectivity index is 1.44. The van der Waals surface area contributed by atoms with Gasteiger partial charge in [-0.2, -0.15) is 0 Å². The van der Waals surface area contributed by atoms with Crippen molar-refractivity contribution in [3.05, 3.63) is 41.8 Å². The number of rotatable bonds is 8. The zero-order valence-corrected chi connectivity index (χ0v) is 19.1. The first-order valence-corrected chi connectivity index (χ1v) is 11.4. The fourth-order valence-electron chi connectivity index (χ4n) is 4.66. The average Bonchev–Trinajstić information content (AvgIpc) is 3.44. The Morgan fingerprint density at radius 1 is 1.13 bits per heavy atom. The van der Waals surface area contributed by atoms with Crippen molar-refractivity contribution in [3.8, 4) is 11.5 Å². The zero-order valence-electron chi connectivity index (χ0n) is 19.1. The van der Waals surface area contributed by atoms with Crippen LogP contribution in [0.25, 0.3) is 11.5 Å². The molecule has 0 radical (unpaired) electrons. The van der Waals surface area contributed by atoms with Gasteiger partial charge in [0.15, 0.2) is 0 Å².